The van der Waals surface area contributed by atoms with E-state index >= 15 is 0 Å². The van der Waals surface area contributed by atoms with Gasteiger partial charge in [0.15, 0.2) is 0 Å². The van der Waals surface area contributed by atoms with Crippen LogP contribution in [0.1, 0.15) is 12.5 Å². The third-order valence-corrected chi connectivity index (χ3v) is 2.87. The lowest BCUT2D eigenvalue weighted by Crippen LogP contribution is -2.34. The van der Waals surface area contributed by atoms with E-state index in [1.54, 1.807) is 6.92 Å². The first kappa shape index (κ1) is 15.0. The van der Waals surface area contributed by atoms with Gasteiger partial charge in [0.2, 0.25) is 0 Å². The van der Waals surface area contributed by atoms with E-state index in [-0.39, 0.29) is 16.6 Å². The van der Waals surface area contributed by atoms with Gasteiger partial charge in [-0.05, 0) is 25.1 Å². The molecule has 100 valence electrons. The maximum atomic E-state index is 12.4. The van der Waals surface area contributed by atoms with Crippen LogP contribution in [0, 0.1) is 0 Å². The normalized spacial score (nSPS) is 11.4. The van der Waals surface area contributed by atoms with Crippen molar-refractivity contribution in [1.82, 2.24) is 0 Å². The highest BCUT2D eigenvalue weighted by Crippen LogP contribution is 2.26. The number of nitrogens with two attached hydrogens (primary N) is 1. The average molecular weight is 297 g/mol. The second kappa shape index (κ2) is 5.75. The summed E-state index contributed by atoms with van der Waals surface area (Å²) in [6, 6.07) is 4.49. The minimum Gasteiger partial charge on any atom is -0.389 e. The molecule has 1 aromatic rings. The van der Waals surface area contributed by atoms with E-state index in [1.807, 2.05) is 0 Å². The van der Waals surface area contributed by atoms with Gasteiger partial charge >= 0.3 is 6.18 Å². The molecule has 0 saturated carbocycles. The van der Waals surface area contributed by atoms with E-state index < -0.39 is 12.7 Å². The summed E-state index contributed by atoms with van der Waals surface area (Å²) in [6.45, 7) is 0.843. The maximum absolute atomic E-state index is 12.4. The highest BCUT2D eigenvalue weighted by Gasteiger charge is 2.30. The molecule has 0 heterocycles. The molecule has 18 heavy (non-hydrogen) atoms. The number of hydrogen-bond donors (Lipinski definition) is 1. The van der Waals surface area contributed by atoms with Gasteiger partial charge < -0.3 is 10.6 Å². The lowest BCUT2D eigenvalue weighted by molar-refractivity contribution is -0.119. The van der Waals surface area contributed by atoms with Gasteiger partial charge in [-0.2, -0.15) is 13.2 Å². The Bertz CT molecular complexity index is 448. The molecule has 0 atom stereocenters. The van der Waals surface area contributed by atoms with E-state index in [1.165, 1.54) is 23.1 Å². The van der Waals surface area contributed by atoms with E-state index in [4.69, 9.17) is 29.6 Å². The second-order valence-electron chi connectivity index (χ2n) is 3.66. The number of rotatable bonds is 4. The first-order chi connectivity index (χ1) is 8.24. The average Bonchev–Trinajstić information content (AvgIpc) is 2.24. The topological polar surface area (TPSA) is 29.3 Å². The van der Waals surface area contributed by atoms with Crippen LogP contribution in [0.4, 0.5) is 18.9 Å². The summed E-state index contributed by atoms with van der Waals surface area (Å²) in [4.78, 5) is 1.29. The Morgan fingerprint density at radius 3 is 2.44 bits per heavy atom. The Morgan fingerprint density at radius 2 is 2.06 bits per heavy atom. The van der Waals surface area contributed by atoms with Crippen molar-refractivity contribution < 1.29 is 13.2 Å². The molecule has 0 fully saturated rings. The summed E-state index contributed by atoms with van der Waals surface area (Å²) in [6.07, 6.45) is -4.26. The van der Waals surface area contributed by atoms with Crippen LogP contribution in [0.3, 0.4) is 0 Å². The first-order valence-electron chi connectivity index (χ1n) is 5.15. The minimum absolute atomic E-state index is 0.116. The summed E-state index contributed by atoms with van der Waals surface area (Å²) < 4.78 is 37.1. The molecular formula is C11H12ClF3N2S. The summed E-state index contributed by atoms with van der Waals surface area (Å²) in [5, 5.41) is 0.251. The predicted octanol–water partition coefficient (Wildman–Crippen LogP) is 3.36. The Balaban J connectivity index is 3.01. The smallest absolute Gasteiger partial charge is 0.389 e. The third kappa shape index (κ3) is 4.03. The van der Waals surface area contributed by atoms with Crippen LogP contribution in [-0.4, -0.2) is 24.3 Å². The molecule has 0 aliphatic rings. The Hall–Kier alpha value is -1.01. The molecule has 0 aliphatic carbocycles. The van der Waals surface area contributed by atoms with Crippen LogP contribution in [0.5, 0.6) is 0 Å². The number of anilines is 1. The first-order valence-corrected chi connectivity index (χ1v) is 5.94. The van der Waals surface area contributed by atoms with E-state index in [2.05, 4.69) is 0 Å². The number of nitrogens with zero attached hydrogens (tertiary/aromatic N) is 1. The molecule has 0 aromatic heterocycles. The Labute approximate surface area is 114 Å². The lowest BCUT2D eigenvalue weighted by atomic mass is 10.2. The van der Waals surface area contributed by atoms with Crippen molar-refractivity contribution in [2.24, 2.45) is 5.73 Å². The summed E-state index contributed by atoms with van der Waals surface area (Å²) in [7, 11) is 0. The standard InChI is InChI=1S/C11H12ClF3N2S/c1-2-17(6-11(13,14)15)7-3-4-8(10(16)18)9(12)5-7/h3-5H,2,6H2,1H3,(H2,16,18). The van der Waals surface area contributed by atoms with E-state index in [0.717, 1.165) is 0 Å². The van der Waals surface area contributed by atoms with Crippen molar-refractivity contribution in [1.29, 1.82) is 0 Å². The summed E-state index contributed by atoms with van der Waals surface area (Å²) >= 11 is 10.7. The number of thiocarbonyl (C=S) groups is 1. The largest absolute Gasteiger partial charge is 0.405 e. The van der Waals surface area contributed by atoms with E-state index in [9.17, 15) is 13.2 Å². The predicted molar refractivity (Wildman–Crippen MR) is 71.3 cm³/mol. The van der Waals surface area contributed by atoms with Crippen LogP contribution in [0.15, 0.2) is 18.2 Å². The Kier molecular flexibility index (Phi) is 4.81. The number of benzene rings is 1. The summed E-state index contributed by atoms with van der Waals surface area (Å²) in [5.41, 5.74) is 6.27. The number of hydrogen-bond acceptors (Lipinski definition) is 2. The Morgan fingerprint density at radius 1 is 1.44 bits per heavy atom. The fraction of sp³-hybridized carbons (Fsp3) is 0.364. The van der Waals surface area contributed by atoms with Gasteiger partial charge in [0.25, 0.3) is 0 Å². The van der Waals surface area contributed by atoms with Crippen LogP contribution in [0.2, 0.25) is 5.02 Å². The molecule has 2 N–H and O–H groups in total. The number of halogens is 4. The molecule has 0 radical (unpaired) electrons. The van der Waals surface area contributed by atoms with Crippen LogP contribution >= 0.6 is 23.8 Å². The van der Waals surface area contributed by atoms with Crippen molar-refractivity contribution in [3.8, 4) is 0 Å². The fourth-order valence-corrected chi connectivity index (χ4v) is 2.01. The summed E-state index contributed by atoms with van der Waals surface area (Å²) in [5.74, 6) is 0. The van der Waals surface area contributed by atoms with Gasteiger partial charge in [-0.1, -0.05) is 23.8 Å². The maximum Gasteiger partial charge on any atom is 0.405 e. The lowest BCUT2D eigenvalue weighted by Gasteiger charge is -2.24. The molecular weight excluding hydrogens is 285 g/mol. The zero-order valence-electron chi connectivity index (χ0n) is 9.59. The van der Waals surface area contributed by atoms with Crippen molar-refractivity contribution >= 4 is 34.5 Å². The molecule has 0 amide bonds. The zero-order valence-corrected chi connectivity index (χ0v) is 11.2. The van der Waals surface area contributed by atoms with Crippen LogP contribution < -0.4 is 10.6 Å². The van der Waals surface area contributed by atoms with Gasteiger partial charge in [-0.15, -0.1) is 0 Å². The monoisotopic (exact) mass is 296 g/mol. The zero-order chi connectivity index (χ0) is 13.9. The van der Waals surface area contributed by atoms with Crippen molar-refractivity contribution in [3.05, 3.63) is 28.8 Å². The second-order valence-corrected chi connectivity index (χ2v) is 4.50. The molecule has 0 bridgehead atoms. The van der Waals surface area contributed by atoms with Gasteiger partial charge in [-0.25, -0.2) is 0 Å². The molecule has 0 aliphatic heterocycles. The van der Waals surface area contributed by atoms with Crippen LogP contribution in [-0.2, 0) is 0 Å². The quantitative estimate of drug-likeness (QED) is 0.864. The van der Waals surface area contributed by atoms with E-state index in [0.29, 0.717) is 11.3 Å². The van der Waals surface area contributed by atoms with Gasteiger partial charge in [0.05, 0.1) is 5.02 Å². The van der Waals surface area contributed by atoms with Gasteiger partial charge in [0.1, 0.15) is 11.5 Å². The van der Waals surface area contributed by atoms with Gasteiger partial charge in [0, 0.05) is 17.8 Å². The molecule has 1 aromatic carbocycles. The van der Waals surface area contributed by atoms with Crippen molar-refractivity contribution in [3.63, 3.8) is 0 Å². The fourth-order valence-electron chi connectivity index (χ4n) is 1.50. The highest BCUT2D eigenvalue weighted by atomic mass is 35.5. The molecule has 7 heteroatoms. The highest BCUT2D eigenvalue weighted by molar-refractivity contribution is 7.80. The molecule has 0 saturated heterocycles. The number of alkyl halides is 3. The molecule has 1 rings (SSSR count). The molecule has 2 nitrogen and oxygen atoms in total. The SMILES string of the molecule is CCN(CC(F)(F)F)c1ccc(C(N)=S)c(Cl)c1. The van der Waals surface area contributed by atoms with Crippen molar-refractivity contribution in [2.75, 3.05) is 18.0 Å². The molecule has 0 spiro atoms. The molecule has 0 unspecified atom stereocenters. The van der Waals surface area contributed by atoms with Crippen LogP contribution in [0.25, 0.3) is 0 Å². The minimum atomic E-state index is -4.26. The van der Waals surface area contributed by atoms with Crippen molar-refractivity contribution in [2.45, 2.75) is 13.1 Å². The third-order valence-electron chi connectivity index (χ3n) is 2.34. The van der Waals surface area contributed by atoms with Gasteiger partial charge in [-0.3, -0.25) is 0 Å².